The van der Waals surface area contributed by atoms with Crippen molar-refractivity contribution in [1.29, 1.82) is 5.26 Å². The second-order valence-corrected chi connectivity index (χ2v) is 4.93. The molecule has 1 heterocycles. The van der Waals surface area contributed by atoms with E-state index in [9.17, 15) is 14.4 Å². The van der Waals surface area contributed by atoms with Crippen LogP contribution in [0.1, 0.15) is 23.2 Å². The van der Waals surface area contributed by atoms with Gasteiger partial charge in [-0.1, -0.05) is 12.1 Å². The lowest BCUT2D eigenvalue weighted by atomic mass is 9.89. The van der Waals surface area contributed by atoms with E-state index in [-0.39, 0.29) is 5.56 Å². The first-order valence-corrected chi connectivity index (χ1v) is 6.23. The summed E-state index contributed by atoms with van der Waals surface area (Å²) in [6.45, 7) is 1.48. The molecule has 0 saturated carbocycles. The zero-order chi connectivity index (χ0) is 13.9. The number of carbonyl (C=O) groups is 1. The van der Waals surface area contributed by atoms with E-state index in [4.69, 9.17) is 0 Å². The summed E-state index contributed by atoms with van der Waals surface area (Å²) < 4.78 is 13.5. The van der Waals surface area contributed by atoms with Crippen molar-refractivity contribution in [3.05, 3.63) is 35.6 Å². The summed E-state index contributed by atoms with van der Waals surface area (Å²) in [5, 5.41) is 12.0. The zero-order valence-electron chi connectivity index (χ0n) is 10.8. The van der Waals surface area contributed by atoms with Crippen LogP contribution in [0.15, 0.2) is 24.3 Å². The number of likely N-dealkylation sites (tertiary alicyclic amines) is 1. The molecule has 5 heteroatoms. The Labute approximate surface area is 111 Å². The van der Waals surface area contributed by atoms with Crippen molar-refractivity contribution in [3.63, 3.8) is 0 Å². The Morgan fingerprint density at radius 3 is 2.63 bits per heavy atom. The van der Waals surface area contributed by atoms with Crippen LogP contribution in [0.3, 0.4) is 0 Å². The van der Waals surface area contributed by atoms with Gasteiger partial charge in [-0.05, 0) is 32.0 Å². The number of benzene rings is 1. The first kappa shape index (κ1) is 13.5. The number of nitriles is 1. The second-order valence-electron chi connectivity index (χ2n) is 4.93. The highest BCUT2D eigenvalue weighted by Gasteiger charge is 2.35. The molecule has 0 atom stereocenters. The normalized spacial score (nSPS) is 18.6. The minimum absolute atomic E-state index is 0.0175. The average molecular weight is 261 g/mol. The van der Waals surface area contributed by atoms with Crippen LogP contribution >= 0.6 is 0 Å². The van der Waals surface area contributed by atoms with Gasteiger partial charge in [-0.15, -0.1) is 0 Å². The molecule has 0 spiro atoms. The summed E-state index contributed by atoms with van der Waals surface area (Å²) in [5.41, 5.74) is -0.901. The van der Waals surface area contributed by atoms with E-state index in [0.29, 0.717) is 12.8 Å². The Morgan fingerprint density at radius 1 is 1.42 bits per heavy atom. The molecule has 0 aliphatic carbocycles. The molecule has 1 aromatic rings. The highest BCUT2D eigenvalue weighted by molar-refractivity contribution is 5.95. The third kappa shape index (κ3) is 2.91. The Bertz CT molecular complexity index is 516. The van der Waals surface area contributed by atoms with E-state index in [1.165, 1.54) is 18.2 Å². The SMILES string of the molecule is CN1CCC(C#N)(NC(=O)c2ccccc2F)CC1. The minimum Gasteiger partial charge on any atom is -0.334 e. The molecule has 0 bridgehead atoms. The maximum atomic E-state index is 13.5. The number of nitrogens with zero attached hydrogens (tertiary/aromatic N) is 2. The van der Waals surface area contributed by atoms with Crippen LogP contribution in [0.2, 0.25) is 0 Å². The molecule has 1 amide bonds. The topological polar surface area (TPSA) is 56.1 Å². The van der Waals surface area contributed by atoms with Crippen LogP contribution in [0.5, 0.6) is 0 Å². The molecule has 1 fully saturated rings. The van der Waals surface area contributed by atoms with Gasteiger partial charge in [-0.3, -0.25) is 4.79 Å². The number of rotatable bonds is 2. The first-order chi connectivity index (χ1) is 9.06. The van der Waals surface area contributed by atoms with Crippen LogP contribution in [0, 0.1) is 17.1 Å². The Kier molecular flexibility index (Phi) is 3.82. The first-order valence-electron chi connectivity index (χ1n) is 6.23. The molecule has 1 N–H and O–H groups in total. The fourth-order valence-electron chi connectivity index (χ4n) is 2.20. The molecule has 1 aromatic carbocycles. The van der Waals surface area contributed by atoms with Crippen molar-refractivity contribution in [2.75, 3.05) is 20.1 Å². The molecule has 0 unspecified atom stereocenters. The number of hydrogen-bond acceptors (Lipinski definition) is 3. The summed E-state index contributed by atoms with van der Waals surface area (Å²) in [7, 11) is 1.97. The van der Waals surface area contributed by atoms with Crippen molar-refractivity contribution in [2.24, 2.45) is 0 Å². The summed E-state index contributed by atoms with van der Waals surface area (Å²) in [4.78, 5) is 14.2. The van der Waals surface area contributed by atoms with Gasteiger partial charge >= 0.3 is 0 Å². The van der Waals surface area contributed by atoms with Gasteiger partial charge in [0.15, 0.2) is 0 Å². The molecule has 1 saturated heterocycles. The predicted octanol–water partition coefficient (Wildman–Crippen LogP) is 1.54. The van der Waals surface area contributed by atoms with Crippen molar-refractivity contribution in [3.8, 4) is 6.07 Å². The molecule has 0 aromatic heterocycles. The second kappa shape index (κ2) is 5.37. The quantitative estimate of drug-likeness (QED) is 0.878. The summed E-state index contributed by atoms with van der Waals surface area (Å²) >= 11 is 0. The molecule has 4 nitrogen and oxygen atoms in total. The lowest BCUT2D eigenvalue weighted by molar-refractivity contribution is 0.0878. The van der Waals surface area contributed by atoms with Gasteiger partial charge < -0.3 is 10.2 Å². The summed E-state index contributed by atoms with van der Waals surface area (Å²) in [6.07, 6.45) is 1.11. The van der Waals surface area contributed by atoms with Gasteiger partial charge in [-0.2, -0.15) is 5.26 Å². The third-order valence-electron chi connectivity index (χ3n) is 3.53. The molecule has 1 aliphatic heterocycles. The Hall–Kier alpha value is -1.93. The van der Waals surface area contributed by atoms with Gasteiger partial charge in [0.2, 0.25) is 0 Å². The standard InChI is InChI=1S/C14H16FN3O/c1-18-8-6-14(10-16,7-9-18)17-13(19)11-4-2-3-5-12(11)15/h2-5H,6-9H2,1H3,(H,17,19). The Morgan fingerprint density at radius 2 is 2.05 bits per heavy atom. The molecule has 2 rings (SSSR count). The van der Waals surface area contributed by atoms with Crippen LogP contribution in [-0.2, 0) is 0 Å². The van der Waals surface area contributed by atoms with E-state index in [0.717, 1.165) is 13.1 Å². The lowest BCUT2D eigenvalue weighted by Gasteiger charge is -2.36. The molecule has 1 aliphatic rings. The van der Waals surface area contributed by atoms with E-state index in [2.05, 4.69) is 16.3 Å². The van der Waals surface area contributed by atoms with E-state index < -0.39 is 17.3 Å². The van der Waals surface area contributed by atoms with Gasteiger partial charge in [0, 0.05) is 13.1 Å². The van der Waals surface area contributed by atoms with E-state index >= 15 is 0 Å². The fraction of sp³-hybridized carbons (Fsp3) is 0.429. The number of amides is 1. The molecule has 100 valence electrons. The van der Waals surface area contributed by atoms with Gasteiger partial charge in [0.05, 0.1) is 11.6 Å². The number of carbonyl (C=O) groups excluding carboxylic acids is 1. The number of piperidine rings is 1. The van der Waals surface area contributed by atoms with Crippen LogP contribution in [0.25, 0.3) is 0 Å². The average Bonchev–Trinajstić information content (AvgIpc) is 2.42. The Balaban J connectivity index is 2.14. The number of hydrogen-bond donors (Lipinski definition) is 1. The van der Waals surface area contributed by atoms with E-state index in [1.807, 2.05) is 7.05 Å². The fourth-order valence-corrected chi connectivity index (χ4v) is 2.20. The maximum absolute atomic E-state index is 13.5. The largest absolute Gasteiger partial charge is 0.334 e. The van der Waals surface area contributed by atoms with Crippen molar-refractivity contribution in [1.82, 2.24) is 10.2 Å². The zero-order valence-corrected chi connectivity index (χ0v) is 10.8. The lowest BCUT2D eigenvalue weighted by Crippen LogP contribution is -2.53. The van der Waals surface area contributed by atoms with Crippen molar-refractivity contribution < 1.29 is 9.18 Å². The van der Waals surface area contributed by atoms with Gasteiger partial charge in [0.25, 0.3) is 5.91 Å². The summed E-state index contributed by atoms with van der Waals surface area (Å²) in [6, 6.07) is 7.97. The van der Waals surface area contributed by atoms with E-state index in [1.54, 1.807) is 6.07 Å². The summed E-state index contributed by atoms with van der Waals surface area (Å²) in [5.74, 6) is -1.09. The third-order valence-corrected chi connectivity index (χ3v) is 3.53. The highest BCUT2D eigenvalue weighted by atomic mass is 19.1. The predicted molar refractivity (Wildman–Crippen MR) is 68.9 cm³/mol. The molecule has 19 heavy (non-hydrogen) atoms. The smallest absolute Gasteiger partial charge is 0.255 e. The number of nitrogens with one attached hydrogen (secondary N) is 1. The highest BCUT2D eigenvalue weighted by Crippen LogP contribution is 2.21. The number of halogens is 1. The van der Waals surface area contributed by atoms with Crippen LogP contribution < -0.4 is 5.32 Å². The molecular formula is C14H16FN3O. The van der Waals surface area contributed by atoms with Gasteiger partial charge in [0.1, 0.15) is 11.4 Å². The monoisotopic (exact) mass is 261 g/mol. The van der Waals surface area contributed by atoms with Crippen molar-refractivity contribution in [2.45, 2.75) is 18.4 Å². The van der Waals surface area contributed by atoms with Crippen LogP contribution in [-0.4, -0.2) is 36.5 Å². The van der Waals surface area contributed by atoms with Crippen molar-refractivity contribution >= 4 is 5.91 Å². The maximum Gasteiger partial charge on any atom is 0.255 e. The van der Waals surface area contributed by atoms with Gasteiger partial charge in [-0.25, -0.2) is 4.39 Å². The molecular weight excluding hydrogens is 245 g/mol. The molecule has 0 radical (unpaired) electrons. The van der Waals surface area contributed by atoms with Crippen LogP contribution in [0.4, 0.5) is 4.39 Å². The minimum atomic E-state index is -0.883.